The van der Waals surface area contributed by atoms with E-state index in [1.807, 2.05) is 6.07 Å². The van der Waals surface area contributed by atoms with E-state index < -0.39 is 0 Å². The van der Waals surface area contributed by atoms with Gasteiger partial charge in [0.15, 0.2) is 0 Å². The largest absolute Gasteiger partial charge is 0.409 e. The molecule has 1 aromatic carbocycles. The number of amidine groups is 1. The van der Waals surface area contributed by atoms with E-state index in [-0.39, 0.29) is 5.92 Å². The molecule has 1 saturated carbocycles. The zero-order valence-electron chi connectivity index (χ0n) is 8.88. The van der Waals surface area contributed by atoms with E-state index in [2.05, 4.69) is 35.5 Å². The molecule has 0 aliphatic heterocycles. The van der Waals surface area contributed by atoms with Gasteiger partial charge in [0.1, 0.15) is 5.84 Å². The summed E-state index contributed by atoms with van der Waals surface area (Å²) < 4.78 is 0. The van der Waals surface area contributed by atoms with Crippen LogP contribution < -0.4 is 5.73 Å². The van der Waals surface area contributed by atoms with Crippen LogP contribution in [0.4, 0.5) is 0 Å². The summed E-state index contributed by atoms with van der Waals surface area (Å²) in [7, 11) is 0. The summed E-state index contributed by atoms with van der Waals surface area (Å²) in [5.41, 5.74) is 8.32. The van der Waals surface area contributed by atoms with Crippen LogP contribution in [0.5, 0.6) is 0 Å². The molecule has 0 amide bonds. The van der Waals surface area contributed by atoms with Crippen LogP contribution in [0.1, 0.15) is 12.0 Å². The third-order valence-electron chi connectivity index (χ3n) is 3.68. The molecule has 82 valence electrons. The molecule has 0 bridgehead atoms. The van der Waals surface area contributed by atoms with Gasteiger partial charge in [-0.05, 0) is 29.4 Å². The summed E-state index contributed by atoms with van der Waals surface area (Å²) in [6, 6.07) is 10.4. The molecule has 3 heteroatoms. The highest BCUT2D eigenvalue weighted by Gasteiger charge is 2.54. The van der Waals surface area contributed by atoms with E-state index in [4.69, 9.17) is 10.9 Å². The molecular formula is C13H14N2O. The molecule has 2 aliphatic carbocycles. The Morgan fingerprint density at radius 1 is 1.31 bits per heavy atom. The third kappa shape index (κ3) is 1.32. The molecule has 3 rings (SSSR count). The Kier molecular flexibility index (Phi) is 1.99. The Morgan fingerprint density at radius 3 is 2.62 bits per heavy atom. The number of rotatable bonds is 2. The zero-order valence-corrected chi connectivity index (χ0v) is 8.88. The van der Waals surface area contributed by atoms with Crippen LogP contribution in [0.3, 0.4) is 0 Å². The summed E-state index contributed by atoms with van der Waals surface area (Å²) in [4.78, 5) is 0. The van der Waals surface area contributed by atoms with Crippen LogP contribution in [0.25, 0.3) is 5.57 Å². The number of hydrogen-bond acceptors (Lipinski definition) is 2. The van der Waals surface area contributed by atoms with Crippen molar-refractivity contribution in [3.8, 4) is 0 Å². The first kappa shape index (κ1) is 9.46. The van der Waals surface area contributed by atoms with Gasteiger partial charge in [-0.15, -0.1) is 0 Å². The summed E-state index contributed by atoms with van der Waals surface area (Å²) in [5, 5.41) is 11.7. The minimum Gasteiger partial charge on any atom is -0.409 e. The average Bonchev–Trinajstić information content (AvgIpc) is 2.84. The zero-order chi connectivity index (χ0) is 11.1. The Hall–Kier alpha value is -1.77. The molecule has 2 aliphatic rings. The Bertz CT molecular complexity index is 464. The molecule has 0 spiro atoms. The Balaban J connectivity index is 1.79. The first-order valence-electron chi connectivity index (χ1n) is 5.55. The molecule has 0 heterocycles. The molecule has 1 aromatic rings. The predicted molar refractivity (Wildman–Crippen MR) is 62.9 cm³/mol. The van der Waals surface area contributed by atoms with Gasteiger partial charge in [-0.2, -0.15) is 0 Å². The number of hydrogen-bond donors (Lipinski definition) is 2. The first-order valence-corrected chi connectivity index (χ1v) is 5.55. The van der Waals surface area contributed by atoms with Crippen molar-refractivity contribution in [1.29, 1.82) is 0 Å². The molecule has 3 N–H and O–H groups in total. The van der Waals surface area contributed by atoms with Gasteiger partial charge in [-0.1, -0.05) is 41.6 Å². The fraction of sp³-hybridized carbons (Fsp3) is 0.308. The average molecular weight is 214 g/mol. The van der Waals surface area contributed by atoms with E-state index in [9.17, 15) is 0 Å². The molecule has 1 fully saturated rings. The van der Waals surface area contributed by atoms with Gasteiger partial charge in [0, 0.05) is 5.92 Å². The fourth-order valence-corrected chi connectivity index (χ4v) is 2.79. The quantitative estimate of drug-likeness (QED) is 0.343. The lowest BCUT2D eigenvalue weighted by molar-refractivity contribution is 0.316. The second kappa shape index (κ2) is 3.37. The van der Waals surface area contributed by atoms with Crippen LogP contribution in [-0.2, 0) is 0 Å². The van der Waals surface area contributed by atoms with Crippen molar-refractivity contribution in [2.75, 3.05) is 0 Å². The lowest BCUT2D eigenvalue weighted by Crippen LogP contribution is -2.16. The summed E-state index contributed by atoms with van der Waals surface area (Å²) in [5.74, 6) is 1.72. The van der Waals surface area contributed by atoms with Gasteiger partial charge in [0.25, 0.3) is 0 Å². The number of fused-ring (bicyclic) bond motifs is 1. The topological polar surface area (TPSA) is 58.6 Å². The normalized spacial score (nSPS) is 32.1. The van der Waals surface area contributed by atoms with Crippen molar-refractivity contribution < 1.29 is 5.21 Å². The molecule has 3 atom stereocenters. The monoisotopic (exact) mass is 214 g/mol. The van der Waals surface area contributed by atoms with E-state index in [0.717, 1.165) is 6.42 Å². The molecule has 0 saturated heterocycles. The molecule has 0 unspecified atom stereocenters. The lowest BCUT2D eigenvalue weighted by atomic mass is 10.0. The smallest absolute Gasteiger partial charge is 0.143 e. The van der Waals surface area contributed by atoms with Crippen molar-refractivity contribution in [2.45, 2.75) is 6.42 Å². The standard InChI is InChI=1S/C13H14N2O/c14-13(15-16)12-10-6-9(7-11(10)12)8-4-2-1-3-5-8/h1-6,10-12,16H,7H2,(H2,14,15)/t10-,11+,12+/m0/s1. The van der Waals surface area contributed by atoms with Crippen molar-refractivity contribution in [1.82, 2.24) is 0 Å². The van der Waals surface area contributed by atoms with E-state index in [1.54, 1.807) is 0 Å². The maximum absolute atomic E-state index is 8.63. The molecular weight excluding hydrogens is 200 g/mol. The maximum atomic E-state index is 8.63. The second-order valence-corrected chi connectivity index (χ2v) is 4.55. The maximum Gasteiger partial charge on any atom is 0.143 e. The van der Waals surface area contributed by atoms with Crippen LogP contribution in [-0.4, -0.2) is 11.0 Å². The highest BCUT2D eigenvalue weighted by Crippen LogP contribution is 2.58. The summed E-state index contributed by atoms with van der Waals surface area (Å²) >= 11 is 0. The molecule has 3 nitrogen and oxygen atoms in total. The summed E-state index contributed by atoms with van der Waals surface area (Å²) in [6.07, 6.45) is 3.33. The van der Waals surface area contributed by atoms with Crippen molar-refractivity contribution in [2.24, 2.45) is 28.6 Å². The SMILES string of the molecule is N/C(=N\O)[C@@H]1[C@H]2C=C(c3ccccc3)C[C@H]21. The predicted octanol–water partition coefficient (Wildman–Crippen LogP) is 2.08. The minimum absolute atomic E-state index is 0.275. The van der Waals surface area contributed by atoms with Gasteiger partial charge in [0.2, 0.25) is 0 Å². The number of nitrogens with zero attached hydrogens (tertiary/aromatic N) is 1. The van der Waals surface area contributed by atoms with E-state index in [1.165, 1.54) is 11.1 Å². The van der Waals surface area contributed by atoms with Crippen LogP contribution in [0.15, 0.2) is 41.6 Å². The fourth-order valence-electron chi connectivity index (χ4n) is 2.79. The number of benzene rings is 1. The number of nitrogens with two attached hydrogens (primary N) is 1. The van der Waals surface area contributed by atoms with Crippen LogP contribution >= 0.6 is 0 Å². The van der Waals surface area contributed by atoms with Crippen LogP contribution in [0.2, 0.25) is 0 Å². The highest BCUT2D eigenvalue weighted by molar-refractivity contribution is 5.88. The van der Waals surface area contributed by atoms with Gasteiger partial charge >= 0.3 is 0 Å². The molecule has 0 aromatic heterocycles. The van der Waals surface area contributed by atoms with Crippen LogP contribution in [0, 0.1) is 17.8 Å². The van der Waals surface area contributed by atoms with Gasteiger partial charge in [0.05, 0.1) is 0 Å². The first-order chi connectivity index (χ1) is 7.81. The molecule has 0 radical (unpaired) electrons. The second-order valence-electron chi connectivity index (χ2n) is 4.55. The van der Waals surface area contributed by atoms with Crippen molar-refractivity contribution in [3.05, 3.63) is 42.0 Å². The minimum atomic E-state index is 0.275. The molecule has 16 heavy (non-hydrogen) atoms. The Morgan fingerprint density at radius 2 is 2.06 bits per heavy atom. The third-order valence-corrected chi connectivity index (χ3v) is 3.68. The lowest BCUT2D eigenvalue weighted by Gasteiger charge is -2.05. The summed E-state index contributed by atoms with van der Waals surface area (Å²) in [6.45, 7) is 0. The van der Waals surface area contributed by atoms with E-state index >= 15 is 0 Å². The number of allylic oxidation sites excluding steroid dienone is 2. The highest BCUT2D eigenvalue weighted by atomic mass is 16.4. The van der Waals surface area contributed by atoms with Gasteiger partial charge in [-0.25, -0.2) is 0 Å². The van der Waals surface area contributed by atoms with E-state index in [0.29, 0.717) is 17.7 Å². The van der Waals surface area contributed by atoms with Crippen molar-refractivity contribution >= 4 is 11.4 Å². The number of oxime groups is 1. The van der Waals surface area contributed by atoms with Gasteiger partial charge in [-0.3, -0.25) is 0 Å². The Labute approximate surface area is 94.3 Å². The van der Waals surface area contributed by atoms with Crippen molar-refractivity contribution in [3.63, 3.8) is 0 Å². The van der Waals surface area contributed by atoms with Gasteiger partial charge < -0.3 is 10.9 Å².